The summed E-state index contributed by atoms with van der Waals surface area (Å²) in [5, 5.41) is 2.14. The Labute approximate surface area is 766 Å². The number of alkyl halides is 3. The smallest absolute Gasteiger partial charge is 0.325 e. The van der Waals surface area contributed by atoms with Gasteiger partial charge in [0.05, 0.1) is 76.9 Å². The molecule has 21 rings (SSSR count). The van der Waals surface area contributed by atoms with Gasteiger partial charge in [0.15, 0.2) is 70.7 Å². The largest absolute Gasteiger partial charge is 0.398 e. The summed E-state index contributed by atoms with van der Waals surface area (Å²) in [6.45, 7) is -27.4. The van der Waals surface area contributed by atoms with Gasteiger partial charge in [0, 0.05) is 89.7 Å². The van der Waals surface area contributed by atoms with Crippen molar-refractivity contribution >= 4 is 213 Å². The molecule has 0 radical (unpaired) electrons. The number of hydrogen-bond acceptors (Lipinski definition) is 42. The van der Waals surface area contributed by atoms with Gasteiger partial charge >= 0.3 is 40.3 Å². The van der Waals surface area contributed by atoms with E-state index in [1.165, 1.54) is 32.7 Å². The van der Waals surface area contributed by atoms with Crippen molar-refractivity contribution in [2.24, 2.45) is 0 Å². The number of ether oxygens (including phenoxy) is 6. The van der Waals surface area contributed by atoms with E-state index in [1.54, 1.807) is 87.3 Å². The predicted octanol–water partition coefficient (Wildman–Crippen LogP) is 3.32. The molecule has 708 valence electrons. The topological polar surface area (TPSA) is 688 Å². The molecule has 0 aromatic carbocycles. The van der Waals surface area contributed by atoms with E-state index in [0.717, 1.165) is 0 Å². The first-order chi connectivity index (χ1) is 62.7. The van der Waals surface area contributed by atoms with E-state index in [9.17, 15) is 43.7 Å². The number of nitrogens with one attached hydrogen (secondary N) is 3. The lowest BCUT2D eigenvalue weighted by Gasteiger charge is -2.27. The Morgan fingerprint density at radius 1 is 0.333 bits per heavy atom. The number of nitrogen functional groups attached to an aromatic ring is 6. The zero-order chi connectivity index (χ0) is 92.9. The second kappa shape index (κ2) is 36.2. The van der Waals surface area contributed by atoms with Gasteiger partial charge in [-0.2, -0.15) is 15.0 Å². The Morgan fingerprint density at radius 2 is 0.583 bits per heavy atom. The molecule has 66 heteroatoms. The highest BCUT2D eigenvalue weighted by atomic mass is 32.5. The van der Waals surface area contributed by atoms with Gasteiger partial charge in [-0.25, -0.2) is 43.1 Å². The number of nitrogens with zero attached hydrogens (tertiary/aromatic N) is 15. The Bertz CT molecular complexity index is 6370. The van der Waals surface area contributed by atoms with Crippen LogP contribution in [0.25, 0.3) is 66.6 Å². The lowest BCUT2D eigenvalue weighted by atomic mass is 10.1. The number of pyridine rings is 3. The van der Waals surface area contributed by atoms with Crippen LogP contribution in [0, 0.1) is 0 Å². The van der Waals surface area contributed by atoms with Crippen molar-refractivity contribution in [2.45, 2.75) is 148 Å². The van der Waals surface area contributed by atoms with Crippen molar-refractivity contribution in [2.75, 3.05) is 74.0 Å². The van der Waals surface area contributed by atoms with Gasteiger partial charge in [0.25, 0.3) is 16.7 Å². The van der Waals surface area contributed by atoms with Crippen LogP contribution < -0.4 is 51.1 Å². The van der Waals surface area contributed by atoms with E-state index in [0.29, 0.717) is 50.2 Å². The third-order valence-electron chi connectivity index (χ3n) is 22.4. The number of hydrogen-bond donors (Lipinski definition) is 15. The second-order valence-electron chi connectivity index (χ2n) is 30.8. The van der Waals surface area contributed by atoms with Crippen LogP contribution in [0.4, 0.5) is 48.1 Å². The second-order valence-corrected chi connectivity index (χ2v) is 47.5. The molecule has 9 aliphatic rings. The standard InChI is InChI=1S/3C22H25FN8O9P2S2/c3*23-15-13-7-36-41(33,43)39-11-5-14(30-4-2-9-10(24)1-3-26-18(9)30)37-12(11)6-35-42(34,44)40-17(15)21(38-13)31-8-27-16-19(31)28-22(25)29-20(16)32/h3*1-4,8,11-15,17,21H,5-7H2,(H2,24,26)(H,33,43)(H,34,44)(H3,25,28,29,32)/t3*11-,12+,13+,14+,15+,17+,21+,41?,42?/m000/s1. The molecule has 0 amide bonds. The molecule has 0 spiro atoms. The molecule has 27 atom stereocenters. The molecule has 0 aliphatic carbocycles. The summed E-state index contributed by atoms with van der Waals surface area (Å²) in [6.07, 6.45) is -12.4. The van der Waals surface area contributed by atoms with Crippen LogP contribution in [0.1, 0.15) is 56.6 Å². The number of aromatic nitrogens is 18. The summed E-state index contributed by atoms with van der Waals surface area (Å²) in [6, 6.07) is 10.4. The number of rotatable bonds is 6. The number of nitrogens with two attached hydrogens (primary N) is 6. The quantitative estimate of drug-likeness (QED) is 0.106. The average molecular weight is 2070 g/mol. The molecule has 9 aliphatic heterocycles. The Kier molecular flexibility index (Phi) is 25.7. The predicted molar refractivity (Wildman–Crippen MR) is 476 cm³/mol. The maximum absolute atomic E-state index is 15.9. The van der Waals surface area contributed by atoms with Crippen LogP contribution in [-0.2, 0) is 154 Å². The lowest BCUT2D eigenvalue weighted by Crippen LogP contribution is -2.32. The first-order valence-electron chi connectivity index (χ1n) is 39.3. The van der Waals surface area contributed by atoms with Crippen molar-refractivity contribution in [1.82, 2.24) is 87.2 Å². The maximum Gasteiger partial charge on any atom is 0.325 e. The van der Waals surface area contributed by atoms with Gasteiger partial charge in [-0.3, -0.25) is 56.6 Å². The minimum absolute atomic E-state index is 0.0375. The third kappa shape index (κ3) is 18.8. The van der Waals surface area contributed by atoms with Crippen molar-refractivity contribution in [3.8, 4) is 0 Å². The molecular weight excluding hydrogens is 2000 g/mol. The summed E-state index contributed by atoms with van der Waals surface area (Å²) in [5.41, 5.74) is 36.3. The fourth-order valence-electron chi connectivity index (χ4n) is 16.4. The Morgan fingerprint density at radius 3 is 0.848 bits per heavy atom. The van der Waals surface area contributed by atoms with Gasteiger partial charge in [-0.15, -0.1) is 0 Å². The molecule has 21 heterocycles. The number of anilines is 6. The Balaban J connectivity index is 0.000000128. The average Bonchev–Trinajstić information content (AvgIpc) is 1.61. The SMILES string of the molecule is Nc1nc2c(ncn2[C@@H]2O[C@@H]3COP(O)(=S)O[C@H]4C[C@H](n5ccc6c(N)ccnc65)O[C@@H]4COP(O)(=S)O[C@@H]2[C@@H]3F)c(=O)[nH]1.Nc1nc2c(ncn2[C@@H]2O[C@@H]3COP(O)(=S)O[C@H]4C[C@H](n5ccc6c(N)ccnc65)O[C@@H]4COP(O)(=S)O[C@@H]2[C@@H]3F)c(=O)[nH]1.Nc1nc2c(ncn2[C@@H]2O[C@@H]3COP(O)(=S)O[C@H]4C[C@H](n5ccc6c(N)ccnc65)O[C@@H]4COP(O)(=S)O[C@@H]2[C@@H]3F)c(=O)[nH]1. The molecule has 9 saturated heterocycles. The molecule has 6 bridgehead atoms. The first-order valence-corrected chi connectivity index (χ1v) is 54.8. The van der Waals surface area contributed by atoms with Crippen molar-refractivity contribution in [1.29, 1.82) is 0 Å². The maximum atomic E-state index is 15.9. The fraction of sp³-hybridized carbons (Fsp3) is 0.455. The molecule has 51 nitrogen and oxygen atoms in total. The Hall–Kier alpha value is -7.35. The number of H-pyrrole nitrogens is 3. The molecule has 132 heavy (non-hydrogen) atoms. The third-order valence-corrected chi connectivity index (χ3v) is 31.8. The summed E-state index contributed by atoms with van der Waals surface area (Å²) in [4.78, 5) is 147. The van der Waals surface area contributed by atoms with Crippen molar-refractivity contribution in [3.05, 3.63) is 124 Å². The number of halogens is 3. The molecule has 9 fully saturated rings. The zero-order valence-electron chi connectivity index (χ0n) is 66.8. The number of imidazole rings is 3. The van der Waals surface area contributed by atoms with E-state index < -0.39 is 206 Å². The monoisotopic (exact) mass is 2070 g/mol. The minimum atomic E-state index is -4.19. The van der Waals surface area contributed by atoms with Crippen molar-refractivity contribution < 1.29 is 125 Å². The van der Waals surface area contributed by atoms with Crippen LogP contribution in [0.5, 0.6) is 0 Å². The highest BCUT2D eigenvalue weighted by molar-refractivity contribution is 8.08. The zero-order valence-corrected chi connectivity index (χ0v) is 77.1. The molecule has 12 aromatic rings. The minimum Gasteiger partial charge on any atom is -0.398 e. The normalized spacial score (nSPS) is 36.6. The number of aromatic amines is 3. The molecule has 21 N–H and O–H groups in total. The van der Waals surface area contributed by atoms with E-state index in [-0.39, 0.29) is 90.4 Å². The lowest BCUT2D eigenvalue weighted by molar-refractivity contribution is -0.0596. The van der Waals surface area contributed by atoms with Gasteiger partial charge in [0.1, 0.15) is 90.6 Å². The van der Waals surface area contributed by atoms with E-state index in [1.807, 2.05) is 0 Å². The van der Waals surface area contributed by atoms with Crippen LogP contribution in [0.3, 0.4) is 0 Å². The molecule has 12 aromatic heterocycles. The highest BCUT2D eigenvalue weighted by Gasteiger charge is 2.56. The van der Waals surface area contributed by atoms with Gasteiger partial charge in [-0.1, -0.05) is 0 Å². The van der Waals surface area contributed by atoms with Crippen LogP contribution in [0.2, 0.25) is 0 Å². The van der Waals surface area contributed by atoms with E-state index in [4.69, 9.17) is 188 Å². The summed E-state index contributed by atoms with van der Waals surface area (Å²) in [7, 11) is 0. The summed E-state index contributed by atoms with van der Waals surface area (Å²) in [5.74, 6) is -0.656. The van der Waals surface area contributed by atoms with Gasteiger partial charge < -0.3 is 147 Å². The van der Waals surface area contributed by atoms with Gasteiger partial charge in [-0.05, 0) is 107 Å². The summed E-state index contributed by atoms with van der Waals surface area (Å²) < 4.78 is 161. The van der Waals surface area contributed by atoms with E-state index in [2.05, 4.69) is 59.8 Å². The first kappa shape index (κ1) is 93.7. The molecule has 6 unspecified atom stereocenters. The molecular formula is C66H75F3N24O27P6S6. The highest BCUT2D eigenvalue weighted by Crippen LogP contribution is 2.59. The number of fused-ring (bicyclic) bond motifs is 15. The van der Waals surface area contributed by atoms with Crippen LogP contribution in [-0.4, -0.2) is 248 Å². The summed E-state index contributed by atoms with van der Waals surface area (Å²) >= 11 is 31.5. The fourth-order valence-corrected chi connectivity index (χ4v) is 25.0. The van der Waals surface area contributed by atoms with Crippen LogP contribution in [0.15, 0.2) is 107 Å². The van der Waals surface area contributed by atoms with Crippen molar-refractivity contribution in [3.63, 3.8) is 0 Å². The van der Waals surface area contributed by atoms with Gasteiger partial charge in [0.2, 0.25) is 17.8 Å². The van der Waals surface area contributed by atoms with Crippen LogP contribution >= 0.6 is 40.3 Å². The van der Waals surface area contributed by atoms with E-state index >= 15 is 13.2 Å². The molecule has 0 saturated carbocycles.